The molecule has 0 amide bonds. The predicted molar refractivity (Wildman–Crippen MR) is 213 cm³/mol. The van der Waals surface area contributed by atoms with Gasteiger partial charge in [-0.15, -0.1) is 11.3 Å². The molecule has 55 heavy (non-hydrogen) atoms. The first kappa shape index (κ1) is 43.2. The summed E-state index contributed by atoms with van der Waals surface area (Å²) in [5, 5.41) is 39.1. The zero-order valence-corrected chi connectivity index (χ0v) is 33.3. The van der Waals surface area contributed by atoms with E-state index in [9.17, 15) is 20.9 Å². The fraction of sp³-hybridized carbons (Fsp3) is 0.523. The maximum atomic E-state index is 15.7. The van der Waals surface area contributed by atoms with Gasteiger partial charge in [0.25, 0.3) is 0 Å². The van der Waals surface area contributed by atoms with Crippen molar-refractivity contribution in [3.63, 3.8) is 0 Å². The maximum absolute atomic E-state index is 15.7. The SMILES string of the molecule is CCCCN(CCCC)c1ccc(/C=C/c2ccc(/C=C/C3(C)C(C#N)C(=C(C#N)C#N)OC3(C3C=CCC(C)C3C)C(F)(F)F)s2)c(OCCCCO)c1. The first-order chi connectivity index (χ1) is 26.3. The molecule has 1 aliphatic carbocycles. The number of anilines is 1. The number of aliphatic hydroxyl groups excluding tert-OH is 1. The molecule has 0 bridgehead atoms. The van der Waals surface area contributed by atoms with Gasteiger partial charge in [0.05, 0.1) is 18.1 Å². The van der Waals surface area contributed by atoms with Crippen LogP contribution in [0.5, 0.6) is 5.75 Å². The number of unbranched alkanes of at least 4 members (excludes halogenated alkanes) is 3. The van der Waals surface area contributed by atoms with Crippen molar-refractivity contribution in [2.45, 2.75) is 91.3 Å². The first-order valence-electron chi connectivity index (χ1n) is 19.3. The third-order valence-electron chi connectivity index (χ3n) is 11.1. The number of alkyl halides is 3. The first-order valence-corrected chi connectivity index (χ1v) is 20.1. The number of benzene rings is 1. The summed E-state index contributed by atoms with van der Waals surface area (Å²) < 4.78 is 59.4. The molecule has 2 aliphatic rings. The molecule has 1 fully saturated rings. The molecule has 1 aromatic heterocycles. The van der Waals surface area contributed by atoms with Crippen molar-refractivity contribution in [1.29, 1.82) is 15.8 Å². The van der Waals surface area contributed by atoms with Gasteiger partial charge in [0, 0.05) is 52.7 Å². The van der Waals surface area contributed by atoms with E-state index in [2.05, 4.69) is 30.9 Å². The highest BCUT2D eigenvalue weighted by molar-refractivity contribution is 7.13. The quantitative estimate of drug-likeness (QED) is 0.0967. The lowest BCUT2D eigenvalue weighted by Gasteiger charge is -2.49. The molecule has 1 aliphatic heterocycles. The summed E-state index contributed by atoms with van der Waals surface area (Å²) in [6.07, 6.45) is 11.5. The summed E-state index contributed by atoms with van der Waals surface area (Å²) in [6, 6.07) is 15.2. The van der Waals surface area contributed by atoms with Crippen LogP contribution in [0.1, 0.15) is 94.9 Å². The van der Waals surface area contributed by atoms with Crippen molar-refractivity contribution in [1.82, 2.24) is 0 Å². The molecule has 0 radical (unpaired) electrons. The summed E-state index contributed by atoms with van der Waals surface area (Å²) in [6.45, 7) is 11.8. The number of halogens is 3. The van der Waals surface area contributed by atoms with Gasteiger partial charge in [0.1, 0.15) is 29.6 Å². The van der Waals surface area contributed by atoms with E-state index in [0.717, 1.165) is 60.7 Å². The number of ether oxygens (including phenoxy) is 2. The molecule has 1 saturated heterocycles. The Morgan fingerprint density at radius 2 is 1.67 bits per heavy atom. The molecule has 6 atom stereocenters. The van der Waals surface area contributed by atoms with Gasteiger partial charge >= 0.3 is 6.18 Å². The fourth-order valence-electron chi connectivity index (χ4n) is 7.66. The van der Waals surface area contributed by atoms with Crippen LogP contribution in [0, 0.1) is 63.1 Å². The third-order valence-corrected chi connectivity index (χ3v) is 12.2. The summed E-state index contributed by atoms with van der Waals surface area (Å²) >= 11 is 1.37. The van der Waals surface area contributed by atoms with Gasteiger partial charge in [-0.05, 0) is 86.4 Å². The van der Waals surface area contributed by atoms with Gasteiger partial charge in [0.15, 0.2) is 5.57 Å². The Bertz CT molecular complexity index is 1840. The number of rotatable bonds is 17. The highest BCUT2D eigenvalue weighted by Gasteiger charge is 2.77. The van der Waals surface area contributed by atoms with E-state index >= 15 is 13.2 Å². The smallest absolute Gasteiger partial charge is 0.429 e. The minimum Gasteiger partial charge on any atom is -0.493 e. The van der Waals surface area contributed by atoms with E-state index in [1.54, 1.807) is 31.2 Å². The number of hydrogen-bond acceptors (Lipinski definition) is 8. The Labute approximate surface area is 328 Å². The van der Waals surface area contributed by atoms with E-state index in [-0.39, 0.29) is 12.5 Å². The number of aliphatic hydroxyl groups is 1. The fourth-order valence-corrected chi connectivity index (χ4v) is 8.48. The second kappa shape index (κ2) is 19.4. The van der Waals surface area contributed by atoms with Gasteiger partial charge in [-0.2, -0.15) is 29.0 Å². The second-order valence-electron chi connectivity index (χ2n) is 14.8. The maximum Gasteiger partial charge on any atom is 0.429 e. The standard InChI is InChI=1S/C44H53F3N4O3S/c1-6-8-23-51(24-9-7-2)35-17-15-33(40(27-35)53-26-11-10-25-52)16-18-36-19-20-37(55-36)21-22-42(5)39(30-50)41(34(28-48)29-49)54-43(42,44(45,46)47)38-14-12-13-31(3)32(38)4/h12,14-22,27,31-32,38-39,52H,6-11,13,23-26H2,1-5H3/b18-16+,22-21+. The highest BCUT2D eigenvalue weighted by atomic mass is 32.1. The van der Waals surface area contributed by atoms with E-state index in [0.29, 0.717) is 30.7 Å². The lowest BCUT2D eigenvalue weighted by molar-refractivity contribution is -0.300. The number of nitriles is 3. The molecule has 4 rings (SSSR count). The largest absolute Gasteiger partial charge is 0.493 e. The molecule has 6 unspecified atom stereocenters. The zero-order valence-electron chi connectivity index (χ0n) is 32.5. The molecule has 7 nitrogen and oxygen atoms in total. The summed E-state index contributed by atoms with van der Waals surface area (Å²) in [5.41, 5.74) is -3.59. The average molecular weight is 775 g/mol. The lowest BCUT2D eigenvalue weighted by atomic mass is 9.57. The van der Waals surface area contributed by atoms with Crippen molar-refractivity contribution in [3.8, 4) is 24.0 Å². The van der Waals surface area contributed by atoms with Gasteiger partial charge in [0.2, 0.25) is 5.60 Å². The molecule has 2 aromatic rings. The van der Waals surface area contributed by atoms with Gasteiger partial charge in [-0.25, -0.2) is 0 Å². The Morgan fingerprint density at radius 1 is 1.00 bits per heavy atom. The monoisotopic (exact) mass is 774 g/mol. The van der Waals surface area contributed by atoms with Crippen LogP contribution in [0.25, 0.3) is 18.2 Å². The van der Waals surface area contributed by atoms with Crippen molar-refractivity contribution >= 4 is 35.3 Å². The molecular formula is C44H53F3N4O3S. The molecular weight excluding hydrogens is 722 g/mol. The predicted octanol–water partition coefficient (Wildman–Crippen LogP) is 11.1. The highest BCUT2D eigenvalue weighted by Crippen LogP contribution is 2.65. The number of thiophene rings is 1. The minimum atomic E-state index is -4.97. The second-order valence-corrected chi connectivity index (χ2v) is 15.9. The third kappa shape index (κ3) is 9.31. The lowest BCUT2D eigenvalue weighted by Crippen LogP contribution is -2.62. The van der Waals surface area contributed by atoms with Crippen molar-refractivity contribution in [2.75, 3.05) is 31.2 Å². The number of allylic oxidation sites excluding steroid dienone is 3. The molecule has 1 aromatic carbocycles. The van der Waals surface area contributed by atoms with Gasteiger partial charge in [-0.3, -0.25) is 0 Å². The normalized spacial score (nSPS) is 25.1. The molecule has 2 heterocycles. The van der Waals surface area contributed by atoms with Crippen molar-refractivity contribution < 1.29 is 27.8 Å². The van der Waals surface area contributed by atoms with Crippen LogP contribution in [0.4, 0.5) is 18.9 Å². The van der Waals surface area contributed by atoms with Crippen LogP contribution < -0.4 is 9.64 Å². The van der Waals surface area contributed by atoms with Gasteiger partial charge < -0.3 is 19.5 Å². The Kier molecular flexibility index (Phi) is 15.2. The van der Waals surface area contributed by atoms with E-state index < -0.39 is 46.3 Å². The van der Waals surface area contributed by atoms with Crippen LogP contribution in [-0.2, 0) is 4.74 Å². The van der Waals surface area contributed by atoms with Crippen LogP contribution >= 0.6 is 11.3 Å². The van der Waals surface area contributed by atoms with Crippen LogP contribution in [0.15, 0.2) is 59.9 Å². The summed E-state index contributed by atoms with van der Waals surface area (Å²) in [5.74, 6) is -3.10. The number of hydrogen-bond donors (Lipinski definition) is 1. The number of nitrogens with zero attached hydrogens (tertiary/aromatic N) is 4. The average Bonchev–Trinajstić information content (AvgIpc) is 3.73. The van der Waals surface area contributed by atoms with Crippen molar-refractivity contribution in [2.24, 2.45) is 29.1 Å². The van der Waals surface area contributed by atoms with Crippen LogP contribution in [0.2, 0.25) is 0 Å². The van der Waals surface area contributed by atoms with Crippen LogP contribution in [-0.4, -0.2) is 43.2 Å². The zero-order chi connectivity index (χ0) is 40.2. The molecule has 0 spiro atoms. The summed E-state index contributed by atoms with van der Waals surface area (Å²) in [4.78, 5) is 3.90. The van der Waals surface area contributed by atoms with E-state index in [1.165, 1.54) is 30.4 Å². The Balaban J connectivity index is 1.73. The molecule has 11 heteroatoms. The topological polar surface area (TPSA) is 113 Å². The molecule has 1 N–H and O–H groups in total. The van der Waals surface area contributed by atoms with Crippen LogP contribution in [0.3, 0.4) is 0 Å². The molecule has 294 valence electrons. The van der Waals surface area contributed by atoms with Crippen molar-refractivity contribution in [3.05, 3.63) is 75.2 Å². The van der Waals surface area contributed by atoms with Gasteiger partial charge in [-0.1, -0.05) is 65.7 Å². The minimum absolute atomic E-state index is 0.0959. The summed E-state index contributed by atoms with van der Waals surface area (Å²) in [7, 11) is 0. The van der Waals surface area contributed by atoms with E-state index in [4.69, 9.17) is 9.47 Å². The Morgan fingerprint density at radius 3 is 2.27 bits per heavy atom. The molecule has 0 saturated carbocycles. The van der Waals surface area contributed by atoms with E-state index in [1.807, 2.05) is 43.3 Å². The Hall–Kier alpha value is -4.50.